The van der Waals surface area contributed by atoms with Crippen LogP contribution < -0.4 is 15.4 Å². The van der Waals surface area contributed by atoms with Crippen molar-refractivity contribution >= 4 is 29.9 Å². The Bertz CT molecular complexity index is 626. The summed E-state index contributed by atoms with van der Waals surface area (Å²) in [5, 5.41) is 16.8. The molecular weight excluding hydrogens is 517 g/mol. The Labute approximate surface area is 201 Å². The van der Waals surface area contributed by atoms with Crippen molar-refractivity contribution < 1.29 is 18.6 Å². The first-order valence-electron chi connectivity index (χ1n) is 10.9. The van der Waals surface area contributed by atoms with Crippen molar-refractivity contribution in [1.82, 2.24) is 15.5 Å². The zero-order chi connectivity index (χ0) is 21.8. The van der Waals surface area contributed by atoms with Crippen LogP contribution >= 0.6 is 24.0 Å². The molecular formula is C22H37F2IN4O2. The predicted molar refractivity (Wildman–Crippen MR) is 132 cm³/mol. The molecule has 0 spiro atoms. The summed E-state index contributed by atoms with van der Waals surface area (Å²) in [7, 11) is 0. The molecule has 1 fully saturated rings. The van der Waals surface area contributed by atoms with Crippen LogP contribution in [0.1, 0.15) is 51.2 Å². The van der Waals surface area contributed by atoms with Crippen LogP contribution in [-0.2, 0) is 0 Å². The van der Waals surface area contributed by atoms with Crippen LogP contribution in [0.25, 0.3) is 0 Å². The van der Waals surface area contributed by atoms with E-state index in [-0.39, 0.29) is 36.3 Å². The topological polar surface area (TPSA) is 69.1 Å². The maximum atomic E-state index is 12.2. The standard InChI is InChI=1S/C22H36F2N4O2.HI/c1-3-25-22(26-12-4-5-13-28-14-10-17(2)11-15-28)27-16-20(29)18-6-8-19(9-7-18)30-21(23)24;/h6-9,17,20-21,29H,3-5,10-16H2,1-2H3,(H2,25,26,27);1H. The number of aliphatic imine (C=N–C) groups is 1. The van der Waals surface area contributed by atoms with Crippen LogP contribution in [0.4, 0.5) is 8.78 Å². The van der Waals surface area contributed by atoms with Gasteiger partial charge in [0.15, 0.2) is 5.96 Å². The molecule has 0 saturated carbocycles. The maximum Gasteiger partial charge on any atom is 0.387 e. The smallest absolute Gasteiger partial charge is 0.387 e. The van der Waals surface area contributed by atoms with E-state index in [0.717, 1.165) is 38.4 Å². The molecule has 1 atom stereocenters. The molecule has 0 aromatic heterocycles. The number of hydrogen-bond donors (Lipinski definition) is 3. The third-order valence-corrected chi connectivity index (χ3v) is 5.33. The molecule has 3 N–H and O–H groups in total. The van der Waals surface area contributed by atoms with Gasteiger partial charge in [0.1, 0.15) is 5.75 Å². The Balaban J connectivity index is 0.00000480. The quantitative estimate of drug-likeness (QED) is 0.167. The summed E-state index contributed by atoms with van der Waals surface area (Å²) in [4.78, 5) is 6.99. The molecule has 6 nitrogen and oxygen atoms in total. The van der Waals surface area contributed by atoms with E-state index in [0.29, 0.717) is 11.5 Å². The number of likely N-dealkylation sites (tertiary alicyclic amines) is 1. The largest absolute Gasteiger partial charge is 0.435 e. The number of nitrogens with one attached hydrogen (secondary N) is 2. The number of aliphatic hydroxyl groups is 1. The van der Waals surface area contributed by atoms with Gasteiger partial charge in [-0.3, -0.25) is 4.99 Å². The van der Waals surface area contributed by atoms with Crippen molar-refractivity contribution in [3.05, 3.63) is 29.8 Å². The highest BCUT2D eigenvalue weighted by Crippen LogP contribution is 2.19. The number of nitrogens with zero attached hydrogens (tertiary/aromatic N) is 2. The van der Waals surface area contributed by atoms with Gasteiger partial charge in [-0.25, -0.2) is 0 Å². The van der Waals surface area contributed by atoms with Gasteiger partial charge < -0.3 is 25.4 Å². The van der Waals surface area contributed by atoms with Gasteiger partial charge in [0.05, 0.1) is 12.6 Å². The molecule has 0 aliphatic carbocycles. The minimum atomic E-state index is -2.86. The van der Waals surface area contributed by atoms with E-state index in [1.165, 1.54) is 38.1 Å². The SMILES string of the molecule is CCNC(=NCC(O)c1ccc(OC(F)F)cc1)NCCCCN1CCC(C)CC1.I. The summed E-state index contributed by atoms with van der Waals surface area (Å²) in [5.41, 5.74) is 0.604. The molecule has 0 bridgehead atoms. The fraction of sp³-hybridized carbons (Fsp3) is 0.682. The van der Waals surface area contributed by atoms with E-state index >= 15 is 0 Å². The van der Waals surface area contributed by atoms with E-state index in [9.17, 15) is 13.9 Å². The number of benzene rings is 1. The number of hydrogen-bond acceptors (Lipinski definition) is 4. The first-order chi connectivity index (χ1) is 14.5. The van der Waals surface area contributed by atoms with Crippen molar-refractivity contribution in [2.24, 2.45) is 10.9 Å². The van der Waals surface area contributed by atoms with Gasteiger partial charge in [-0.1, -0.05) is 19.1 Å². The summed E-state index contributed by atoms with van der Waals surface area (Å²) in [6, 6.07) is 5.97. The average Bonchev–Trinajstić information content (AvgIpc) is 2.73. The second-order valence-electron chi connectivity index (χ2n) is 7.84. The normalized spacial score (nSPS) is 16.6. The fourth-order valence-electron chi connectivity index (χ4n) is 3.45. The molecule has 2 rings (SSSR count). The second kappa shape index (κ2) is 15.6. The van der Waals surface area contributed by atoms with Crippen molar-refractivity contribution in [1.29, 1.82) is 0 Å². The van der Waals surface area contributed by atoms with Gasteiger partial charge in [0.2, 0.25) is 0 Å². The highest BCUT2D eigenvalue weighted by Gasteiger charge is 2.14. The molecule has 1 aliphatic heterocycles. The Hall–Kier alpha value is -1.20. The molecule has 0 radical (unpaired) electrons. The van der Waals surface area contributed by atoms with Gasteiger partial charge in [-0.15, -0.1) is 24.0 Å². The monoisotopic (exact) mass is 554 g/mol. The third kappa shape index (κ3) is 11.3. The summed E-state index contributed by atoms with van der Waals surface area (Å²) in [6.45, 7) is 6.77. The van der Waals surface area contributed by atoms with Crippen LogP contribution in [0.5, 0.6) is 5.75 Å². The number of halogens is 3. The van der Waals surface area contributed by atoms with Gasteiger partial charge in [-0.05, 0) is 75.9 Å². The Morgan fingerprint density at radius 1 is 1.19 bits per heavy atom. The molecule has 0 amide bonds. The van der Waals surface area contributed by atoms with E-state index in [1.807, 2.05) is 6.92 Å². The van der Waals surface area contributed by atoms with E-state index in [4.69, 9.17) is 0 Å². The van der Waals surface area contributed by atoms with Gasteiger partial charge in [0.25, 0.3) is 0 Å². The lowest BCUT2D eigenvalue weighted by Gasteiger charge is -2.30. The Morgan fingerprint density at radius 2 is 1.87 bits per heavy atom. The third-order valence-electron chi connectivity index (χ3n) is 5.33. The first kappa shape index (κ1) is 27.8. The molecule has 1 aromatic carbocycles. The first-order valence-corrected chi connectivity index (χ1v) is 10.9. The number of unbranched alkanes of at least 4 members (excludes halogenated alkanes) is 1. The van der Waals surface area contributed by atoms with E-state index in [1.54, 1.807) is 12.1 Å². The van der Waals surface area contributed by atoms with Crippen LogP contribution in [0, 0.1) is 5.92 Å². The number of rotatable bonds is 11. The summed E-state index contributed by atoms with van der Waals surface area (Å²) >= 11 is 0. The highest BCUT2D eigenvalue weighted by molar-refractivity contribution is 14.0. The van der Waals surface area contributed by atoms with Gasteiger partial charge in [0, 0.05) is 13.1 Å². The molecule has 1 aromatic rings. The van der Waals surface area contributed by atoms with Crippen LogP contribution in [-0.4, -0.2) is 61.8 Å². The van der Waals surface area contributed by atoms with E-state index in [2.05, 4.69) is 32.2 Å². The molecule has 1 unspecified atom stereocenters. The van der Waals surface area contributed by atoms with Crippen molar-refractivity contribution in [3.63, 3.8) is 0 Å². The molecule has 1 aliphatic rings. The van der Waals surface area contributed by atoms with Crippen molar-refractivity contribution in [3.8, 4) is 5.75 Å². The maximum absolute atomic E-state index is 12.2. The van der Waals surface area contributed by atoms with Crippen LogP contribution in [0.15, 0.2) is 29.3 Å². The minimum absolute atomic E-state index is 0. The number of alkyl halides is 2. The second-order valence-corrected chi connectivity index (χ2v) is 7.84. The lowest BCUT2D eigenvalue weighted by molar-refractivity contribution is -0.0498. The number of ether oxygens (including phenoxy) is 1. The van der Waals surface area contributed by atoms with Crippen molar-refractivity contribution in [2.45, 2.75) is 52.2 Å². The number of guanidine groups is 1. The summed E-state index contributed by atoms with van der Waals surface area (Å²) < 4.78 is 28.8. The zero-order valence-corrected chi connectivity index (χ0v) is 20.9. The lowest BCUT2D eigenvalue weighted by Crippen LogP contribution is -2.38. The van der Waals surface area contributed by atoms with Crippen LogP contribution in [0.3, 0.4) is 0 Å². The average molecular weight is 554 g/mol. The van der Waals surface area contributed by atoms with Crippen molar-refractivity contribution in [2.75, 3.05) is 39.3 Å². The van der Waals surface area contributed by atoms with E-state index < -0.39 is 12.7 Å². The fourth-order valence-corrected chi connectivity index (χ4v) is 3.45. The lowest BCUT2D eigenvalue weighted by atomic mass is 9.99. The summed E-state index contributed by atoms with van der Waals surface area (Å²) in [6.07, 6.45) is 4.00. The highest BCUT2D eigenvalue weighted by atomic mass is 127. The summed E-state index contributed by atoms with van der Waals surface area (Å²) in [5.74, 6) is 1.60. The van der Waals surface area contributed by atoms with Crippen LogP contribution in [0.2, 0.25) is 0 Å². The number of piperidine rings is 1. The molecule has 178 valence electrons. The Morgan fingerprint density at radius 3 is 2.48 bits per heavy atom. The zero-order valence-electron chi connectivity index (χ0n) is 18.5. The molecule has 1 heterocycles. The van der Waals surface area contributed by atoms with Gasteiger partial charge >= 0.3 is 6.61 Å². The number of aliphatic hydroxyl groups excluding tert-OH is 1. The predicted octanol–water partition coefficient (Wildman–Crippen LogP) is 4.01. The minimum Gasteiger partial charge on any atom is -0.435 e. The molecule has 9 heteroatoms. The molecule has 1 saturated heterocycles. The Kier molecular flexibility index (Phi) is 14.0. The van der Waals surface area contributed by atoms with Gasteiger partial charge in [-0.2, -0.15) is 8.78 Å². The molecule has 31 heavy (non-hydrogen) atoms.